The Morgan fingerprint density at radius 2 is 2.17 bits per heavy atom. The normalized spacial score (nSPS) is 22.0. The van der Waals surface area contributed by atoms with E-state index in [1.165, 1.54) is 11.8 Å². The number of hydrogen-bond donors (Lipinski definition) is 1. The number of carbonyl (C=O) groups is 1. The lowest BCUT2D eigenvalue weighted by atomic mass is 9.73. The third-order valence-electron chi connectivity index (χ3n) is 4.46. The standard InChI is InChI=1S/C17H19N5OS/c1-17(2)8-11-13(12(23)9-17)14(10-6-4-5-7-18-10)22-15(19-11)20-16(21-22)24-3/h4-7,14H,8-9H2,1-3H3,(H,19,20,21)/t14-/m0/s1. The molecule has 0 unspecified atom stereocenters. The molecule has 1 atom stereocenters. The Hall–Kier alpha value is -2.15. The predicted molar refractivity (Wildman–Crippen MR) is 92.8 cm³/mol. The minimum absolute atomic E-state index is 0.0535. The molecule has 0 fully saturated rings. The summed E-state index contributed by atoms with van der Waals surface area (Å²) in [5.41, 5.74) is 2.50. The first-order valence-electron chi connectivity index (χ1n) is 7.93. The molecule has 124 valence electrons. The maximum Gasteiger partial charge on any atom is 0.227 e. The van der Waals surface area contributed by atoms with E-state index in [1.807, 2.05) is 24.5 Å². The van der Waals surface area contributed by atoms with E-state index >= 15 is 0 Å². The van der Waals surface area contributed by atoms with Crippen LogP contribution in [0.1, 0.15) is 38.4 Å². The smallest absolute Gasteiger partial charge is 0.227 e. The number of nitrogens with zero attached hydrogens (tertiary/aromatic N) is 4. The van der Waals surface area contributed by atoms with Crippen LogP contribution >= 0.6 is 11.8 Å². The second-order valence-electron chi connectivity index (χ2n) is 6.98. The fraction of sp³-hybridized carbons (Fsp3) is 0.412. The number of fused-ring (bicyclic) bond motifs is 1. The maximum absolute atomic E-state index is 12.9. The molecule has 24 heavy (non-hydrogen) atoms. The van der Waals surface area contributed by atoms with Gasteiger partial charge in [-0.2, -0.15) is 4.98 Å². The zero-order valence-corrected chi connectivity index (χ0v) is 14.7. The van der Waals surface area contributed by atoms with E-state index in [4.69, 9.17) is 0 Å². The van der Waals surface area contributed by atoms with Crippen LogP contribution in [-0.4, -0.2) is 31.8 Å². The van der Waals surface area contributed by atoms with E-state index in [9.17, 15) is 4.79 Å². The number of carbonyl (C=O) groups excluding carboxylic acids is 1. The fourth-order valence-electron chi connectivity index (χ4n) is 3.49. The van der Waals surface area contributed by atoms with Crippen LogP contribution in [0.15, 0.2) is 40.8 Å². The van der Waals surface area contributed by atoms with Crippen LogP contribution in [0.3, 0.4) is 0 Å². The molecule has 7 heteroatoms. The lowest BCUT2D eigenvalue weighted by molar-refractivity contribution is -0.118. The number of aromatic nitrogens is 4. The van der Waals surface area contributed by atoms with Gasteiger partial charge in [0.25, 0.3) is 0 Å². The Morgan fingerprint density at radius 3 is 2.88 bits per heavy atom. The number of allylic oxidation sites excluding steroid dienone is 2. The van der Waals surface area contributed by atoms with Gasteiger partial charge in [-0.05, 0) is 30.2 Å². The summed E-state index contributed by atoms with van der Waals surface area (Å²) in [7, 11) is 0. The number of ketones is 1. The minimum atomic E-state index is -0.311. The Kier molecular flexibility index (Phi) is 3.49. The molecule has 0 spiro atoms. The molecule has 2 aromatic rings. The van der Waals surface area contributed by atoms with Gasteiger partial charge >= 0.3 is 0 Å². The number of nitrogens with one attached hydrogen (secondary N) is 1. The lowest BCUT2D eigenvalue weighted by Gasteiger charge is -2.37. The Morgan fingerprint density at radius 1 is 1.33 bits per heavy atom. The van der Waals surface area contributed by atoms with E-state index in [0.717, 1.165) is 23.4 Å². The van der Waals surface area contributed by atoms with Crippen molar-refractivity contribution >= 4 is 23.5 Å². The molecule has 2 aromatic heterocycles. The largest absolute Gasteiger partial charge is 0.328 e. The van der Waals surface area contributed by atoms with Gasteiger partial charge in [0, 0.05) is 23.9 Å². The SMILES string of the molecule is CSc1nc2n(n1)[C@@H](c1ccccn1)C1=C(CC(C)(C)CC1=O)N2. The molecule has 0 amide bonds. The van der Waals surface area contributed by atoms with Crippen molar-refractivity contribution in [2.24, 2.45) is 5.41 Å². The van der Waals surface area contributed by atoms with Gasteiger partial charge in [-0.15, -0.1) is 5.10 Å². The first-order chi connectivity index (χ1) is 11.5. The van der Waals surface area contributed by atoms with Crippen LogP contribution in [-0.2, 0) is 4.79 Å². The number of pyridine rings is 1. The lowest BCUT2D eigenvalue weighted by Crippen LogP contribution is -2.36. The molecule has 1 aliphatic heterocycles. The second-order valence-corrected chi connectivity index (χ2v) is 7.76. The van der Waals surface area contributed by atoms with Crippen molar-refractivity contribution in [1.29, 1.82) is 0 Å². The summed E-state index contributed by atoms with van der Waals surface area (Å²) < 4.78 is 1.79. The van der Waals surface area contributed by atoms with Gasteiger partial charge in [-0.1, -0.05) is 31.7 Å². The summed E-state index contributed by atoms with van der Waals surface area (Å²) in [6, 6.07) is 5.45. The molecule has 0 bridgehead atoms. The molecule has 4 rings (SSSR count). The maximum atomic E-state index is 12.9. The molecule has 6 nitrogen and oxygen atoms in total. The first-order valence-corrected chi connectivity index (χ1v) is 9.16. The molecular formula is C17H19N5OS. The highest BCUT2D eigenvalue weighted by atomic mass is 32.2. The molecule has 0 radical (unpaired) electrons. The quantitative estimate of drug-likeness (QED) is 0.847. The number of rotatable bonds is 2. The van der Waals surface area contributed by atoms with E-state index in [0.29, 0.717) is 17.5 Å². The third kappa shape index (κ3) is 2.43. The van der Waals surface area contributed by atoms with Crippen molar-refractivity contribution in [3.63, 3.8) is 0 Å². The Labute approximate surface area is 144 Å². The number of Topliss-reactive ketones (excluding diaryl/α,β-unsaturated/α-hetero) is 1. The predicted octanol–water partition coefficient (Wildman–Crippen LogP) is 3.05. The Balaban J connectivity index is 1.91. The van der Waals surface area contributed by atoms with Gasteiger partial charge in [0.1, 0.15) is 6.04 Å². The van der Waals surface area contributed by atoms with Gasteiger partial charge in [0.2, 0.25) is 11.1 Å². The zero-order chi connectivity index (χ0) is 16.9. The summed E-state index contributed by atoms with van der Waals surface area (Å²) in [5.74, 6) is 0.843. The molecule has 0 aromatic carbocycles. The van der Waals surface area contributed by atoms with Crippen LogP contribution in [0, 0.1) is 5.41 Å². The van der Waals surface area contributed by atoms with Gasteiger partial charge < -0.3 is 5.32 Å². The Bertz CT molecular complexity index is 840. The van der Waals surface area contributed by atoms with Gasteiger partial charge in [0.15, 0.2) is 5.78 Å². The summed E-state index contributed by atoms with van der Waals surface area (Å²) >= 11 is 1.49. The summed E-state index contributed by atoms with van der Waals surface area (Å²) in [4.78, 5) is 21.9. The van der Waals surface area contributed by atoms with E-state index in [-0.39, 0.29) is 17.2 Å². The molecular weight excluding hydrogens is 322 g/mol. The molecule has 0 saturated carbocycles. The number of hydrogen-bond acceptors (Lipinski definition) is 6. The second kappa shape index (κ2) is 5.44. The average molecular weight is 341 g/mol. The van der Waals surface area contributed by atoms with Crippen molar-refractivity contribution in [3.05, 3.63) is 41.4 Å². The highest BCUT2D eigenvalue weighted by Gasteiger charge is 2.42. The van der Waals surface area contributed by atoms with Crippen molar-refractivity contribution in [1.82, 2.24) is 19.7 Å². The number of anilines is 1. The molecule has 1 aliphatic carbocycles. The molecule has 0 saturated heterocycles. The van der Waals surface area contributed by atoms with Crippen LogP contribution in [0.5, 0.6) is 0 Å². The van der Waals surface area contributed by atoms with Crippen molar-refractivity contribution in [2.75, 3.05) is 11.6 Å². The van der Waals surface area contributed by atoms with Crippen LogP contribution in [0.25, 0.3) is 0 Å². The average Bonchev–Trinajstić information content (AvgIpc) is 2.95. The summed E-state index contributed by atoms with van der Waals surface area (Å²) in [6.07, 6.45) is 5.05. The topological polar surface area (TPSA) is 72.7 Å². The van der Waals surface area contributed by atoms with Gasteiger partial charge in [0.05, 0.1) is 5.69 Å². The summed E-state index contributed by atoms with van der Waals surface area (Å²) in [5, 5.41) is 8.60. The van der Waals surface area contributed by atoms with Gasteiger partial charge in [-0.3, -0.25) is 9.78 Å². The van der Waals surface area contributed by atoms with E-state index < -0.39 is 0 Å². The monoisotopic (exact) mass is 341 g/mol. The minimum Gasteiger partial charge on any atom is -0.328 e. The van der Waals surface area contributed by atoms with Crippen molar-refractivity contribution < 1.29 is 4.79 Å². The van der Waals surface area contributed by atoms with Crippen LogP contribution < -0.4 is 5.32 Å². The molecule has 1 N–H and O–H groups in total. The number of thioether (sulfide) groups is 1. The van der Waals surface area contributed by atoms with E-state index in [1.54, 1.807) is 10.9 Å². The van der Waals surface area contributed by atoms with Crippen molar-refractivity contribution in [3.8, 4) is 0 Å². The van der Waals surface area contributed by atoms with E-state index in [2.05, 4.69) is 34.2 Å². The third-order valence-corrected chi connectivity index (χ3v) is 5.00. The molecule has 3 heterocycles. The summed E-state index contributed by atoms with van der Waals surface area (Å²) in [6.45, 7) is 4.25. The van der Waals surface area contributed by atoms with Crippen LogP contribution in [0.4, 0.5) is 5.95 Å². The van der Waals surface area contributed by atoms with Crippen molar-refractivity contribution in [2.45, 2.75) is 37.9 Å². The molecule has 2 aliphatic rings. The highest BCUT2D eigenvalue weighted by molar-refractivity contribution is 7.98. The highest BCUT2D eigenvalue weighted by Crippen LogP contribution is 2.45. The fourth-order valence-corrected chi connectivity index (χ4v) is 3.83. The first kappa shape index (κ1) is 15.4. The van der Waals surface area contributed by atoms with Gasteiger partial charge in [-0.25, -0.2) is 4.68 Å². The van der Waals surface area contributed by atoms with Crippen LogP contribution in [0.2, 0.25) is 0 Å². The zero-order valence-electron chi connectivity index (χ0n) is 13.9.